The maximum absolute atomic E-state index is 5.55. The molecule has 2 aromatic carbocycles. The van der Waals surface area contributed by atoms with Gasteiger partial charge in [0.1, 0.15) is 23.9 Å². The van der Waals surface area contributed by atoms with Gasteiger partial charge in [-0.05, 0) is 29.8 Å². The van der Waals surface area contributed by atoms with Gasteiger partial charge in [-0.2, -0.15) is 0 Å². The molecule has 0 aromatic heterocycles. The van der Waals surface area contributed by atoms with Gasteiger partial charge in [0, 0.05) is 19.7 Å². The van der Waals surface area contributed by atoms with Gasteiger partial charge in [-0.1, -0.05) is 12.1 Å². The molecule has 124 valence electrons. The monoisotopic (exact) mass is 317 g/mol. The van der Waals surface area contributed by atoms with Crippen LogP contribution in [0.25, 0.3) is 0 Å². The van der Waals surface area contributed by atoms with E-state index in [1.807, 2.05) is 42.5 Å². The number of nitrogens with one attached hydrogen (secondary N) is 1. The van der Waals surface area contributed by atoms with Crippen molar-refractivity contribution in [2.24, 2.45) is 0 Å². The van der Waals surface area contributed by atoms with E-state index in [0.29, 0.717) is 19.8 Å². The smallest absolute Gasteiger partial charge is 0.142 e. The maximum Gasteiger partial charge on any atom is 0.142 e. The molecule has 1 N–H and O–H groups in total. The predicted octanol–water partition coefficient (Wildman–Crippen LogP) is 3.34. The molecule has 0 amide bonds. The fourth-order valence-electron chi connectivity index (χ4n) is 2.10. The molecule has 0 unspecified atom stereocenters. The topological polar surface area (TPSA) is 49.0 Å². The summed E-state index contributed by atoms with van der Waals surface area (Å²) in [4.78, 5) is 0. The van der Waals surface area contributed by atoms with Crippen LogP contribution in [0.15, 0.2) is 42.5 Å². The number of methoxy groups -OCH3 is 3. The summed E-state index contributed by atoms with van der Waals surface area (Å²) in [6.45, 7) is 1.82. The third kappa shape index (κ3) is 5.07. The van der Waals surface area contributed by atoms with E-state index in [1.54, 1.807) is 21.3 Å². The Morgan fingerprint density at radius 3 is 2.22 bits per heavy atom. The lowest BCUT2D eigenvalue weighted by Gasteiger charge is -2.13. The van der Waals surface area contributed by atoms with E-state index in [-0.39, 0.29) is 0 Å². The molecule has 0 bridgehead atoms. The van der Waals surface area contributed by atoms with Gasteiger partial charge < -0.3 is 24.3 Å². The lowest BCUT2D eigenvalue weighted by Crippen LogP contribution is -2.05. The van der Waals surface area contributed by atoms with Crippen molar-refractivity contribution in [3.8, 4) is 17.2 Å². The van der Waals surface area contributed by atoms with Crippen molar-refractivity contribution >= 4 is 5.69 Å². The first kappa shape index (κ1) is 17.0. The minimum Gasteiger partial charge on any atom is -0.497 e. The van der Waals surface area contributed by atoms with Crippen LogP contribution in [-0.4, -0.2) is 34.5 Å². The third-order valence-corrected chi connectivity index (χ3v) is 3.37. The van der Waals surface area contributed by atoms with Crippen LogP contribution in [0.3, 0.4) is 0 Å². The second-order valence-electron chi connectivity index (χ2n) is 4.90. The molecule has 0 saturated carbocycles. The van der Waals surface area contributed by atoms with Crippen LogP contribution in [0.1, 0.15) is 5.56 Å². The van der Waals surface area contributed by atoms with E-state index in [1.165, 1.54) is 0 Å². The lowest BCUT2D eigenvalue weighted by molar-refractivity contribution is 0.146. The Morgan fingerprint density at radius 1 is 0.826 bits per heavy atom. The number of ether oxygens (including phenoxy) is 4. The Balaban J connectivity index is 1.95. The van der Waals surface area contributed by atoms with Crippen molar-refractivity contribution in [3.63, 3.8) is 0 Å². The van der Waals surface area contributed by atoms with E-state index >= 15 is 0 Å². The summed E-state index contributed by atoms with van der Waals surface area (Å²) < 4.78 is 21.1. The van der Waals surface area contributed by atoms with E-state index in [0.717, 1.165) is 28.5 Å². The van der Waals surface area contributed by atoms with Crippen molar-refractivity contribution in [1.29, 1.82) is 0 Å². The van der Waals surface area contributed by atoms with Crippen LogP contribution in [0.4, 0.5) is 5.69 Å². The van der Waals surface area contributed by atoms with Gasteiger partial charge in [-0.25, -0.2) is 0 Å². The van der Waals surface area contributed by atoms with Crippen LogP contribution < -0.4 is 19.5 Å². The Kier molecular flexibility index (Phi) is 6.56. The summed E-state index contributed by atoms with van der Waals surface area (Å²) in [5.74, 6) is 2.41. The van der Waals surface area contributed by atoms with Gasteiger partial charge in [0.05, 0.1) is 26.5 Å². The van der Waals surface area contributed by atoms with E-state index in [4.69, 9.17) is 18.9 Å². The SMILES string of the molecule is COCCOc1ccc(CNc2cc(OC)ccc2OC)cc1. The summed E-state index contributed by atoms with van der Waals surface area (Å²) in [6, 6.07) is 13.6. The summed E-state index contributed by atoms with van der Waals surface area (Å²) in [7, 11) is 4.96. The molecule has 0 heterocycles. The molecular weight excluding hydrogens is 294 g/mol. The minimum atomic E-state index is 0.551. The molecule has 0 fully saturated rings. The molecule has 23 heavy (non-hydrogen) atoms. The molecule has 0 saturated heterocycles. The molecule has 0 aliphatic heterocycles. The highest BCUT2D eigenvalue weighted by molar-refractivity contribution is 5.60. The van der Waals surface area contributed by atoms with Crippen molar-refractivity contribution in [2.45, 2.75) is 6.54 Å². The maximum atomic E-state index is 5.55. The van der Waals surface area contributed by atoms with Crippen LogP contribution in [0, 0.1) is 0 Å². The fourth-order valence-corrected chi connectivity index (χ4v) is 2.10. The third-order valence-electron chi connectivity index (χ3n) is 3.37. The molecule has 0 atom stereocenters. The molecule has 2 rings (SSSR count). The molecule has 5 nitrogen and oxygen atoms in total. The molecule has 2 aromatic rings. The van der Waals surface area contributed by atoms with Gasteiger partial charge in [-0.3, -0.25) is 0 Å². The highest BCUT2D eigenvalue weighted by Crippen LogP contribution is 2.29. The molecular formula is C18H23NO4. The largest absolute Gasteiger partial charge is 0.497 e. The van der Waals surface area contributed by atoms with Crippen LogP contribution in [0.2, 0.25) is 0 Å². The zero-order valence-electron chi connectivity index (χ0n) is 13.8. The van der Waals surface area contributed by atoms with Crippen LogP contribution in [0.5, 0.6) is 17.2 Å². The quantitative estimate of drug-likeness (QED) is 0.719. The second-order valence-corrected chi connectivity index (χ2v) is 4.90. The number of hydrogen-bond acceptors (Lipinski definition) is 5. The second kappa shape index (κ2) is 8.90. The van der Waals surface area contributed by atoms with Gasteiger partial charge in [-0.15, -0.1) is 0 Å². The Hall–Kier alpha value is -2.40. The Morgan fingerprint density at radius 2 is 1.57 bits per heavy atom. The Labute approximate surface area is 137 Å². The lowest BCUT2D eigenvalue weighted by atomic mass is 10.2. The van der Waals surface area contributed by atoms with E-state index in [2.05, 4.69) is 5.32 Å². The first-order valence-corrected chi connectivity index (χ1v) is 7.43. The van der Waals surface area contributed by atoms with Gasteiger partial charge in [0.15, 0.2) is 0 Å². The Bertz CT molecular complexity index is 598. The van der Waals surface area contributed by atoms with Crippen molar-refractivity contribution < 1.29 is 18.9 Å². The summed E-state index contributed by atoms with van der Waals surface area (Å²) in [5, 5.41) is 3.36. The molecule has 0 spiro atoms. The van der Waals surface area contributed by atoms with Gasteiger partial charge in [0.25, 0.3) is 0 Å². The normalized spacial score (nSPS) is 10.2. The average molecular weight is 317 g/mol. The highest BCUT2D eigenvalue weighted by atomic mass is 16.5. The number of rotatable bonds is 9. The van der Waals surface area contributed by atoms with Crippen molar-refractivity contribution in [1.82, 2.24) is 0 Å². The van der Waals surface area contributed by atoms with Crippen LogP contribution in [-0.2, 0) is 11.3 Å². The number of benzene rings is 2. The van der Waals surface area contributed by atoms with Crippen LogP contribution >= 0.6 is 0 Å². The summed E-state index contributed by atoms with van der Waals surface area (Å²) in [5.41, 5.74) is 2.04. The molecule has 0 radical (unpaired) electrons. The average Bonchev–Trinajstić information content (AvgIpc) is 2.61. The minimum absolute atomic E-state index is 0.551. The highest BCUT2D eigenvalue weighted by Gasteiger charge is 2.05. The zero-order valence-corrected chi connectivity index (χ0v) is 13.8. The van der Waals surface area contributed by atoms with E-state index in [9.17, 15) is 0 Å². The zero-order chi connectivity index (χ0) is 16.5. The number of anilines is 1. The van der Waals surface area contributed by atoms with E-state index < -0.39 is 0 Å². The number of hydrogen-bond donors (Lipinski definition) is 1. The molecule has 0 aliphatic carbocycles. The van der Waals surface area contributed by atoms with Gasteiger partial charge in [0.2, 0.25) is 0 Å². The predicted molar refractivity (Wildman–Crippen MR) is 90.7 cm³/mol. The molecule has 5 heteroatoms. The summed E-state index contributed by atoms with van der Waals surface area (Å²) in [6.07, 6.45) is 0. The first-order valence-electron chi connectivity index (χ1n) is 7.43. The van der Waals surface area contributed by atoms with Crippen molar-refractivity contribution in [3.05, 3.63) is 48.0 Å². The standard InChI is InChI=1S/C18H23NO4/c1-20-10-11-23-15-6-4-14(5-7-15)13-19-17-12-16(21-2)8-9-18(17)22-3/h4-9,12,19H,10-11,13H2,1-3H3. The summed E-state index contributed by atoms with van der Waals surface area (Å²) >= 11 is 0. The van der Waals surface area contributed by atoms with Crippen molar-refractivity contribution in [2.75, 3.05) is 39.9 Å². The first-order chi connectivity index (χ1) is 11.3. The van der Waals surface area contributed by atoms with Gasteiger partial charge >= 0.3 is 0 Å². The molecule has 0 aliphatic rings. The fraction of sp³-hybridized carbons (Fsp3) is 0.333.